The minimum atomic E-state index is 0.963. The molecule has 0 fully saturated rings. The molecule has 1 rings (SSSR count). The van der Waals surface area contributed by atoms with Crippen LogP contribution in [0.15, 0.2) is 22.8 Å². The Labute approximate surface area is 87.3 Å². The molecule has 1 N–H and O–H groups in total. The fourth-order valence-corrected chi connectivity index (χ4v) is 1.22. The van der Waals surface area contributed by atoms with Crippen molar-refractivity contribution in [3.8, 4) is 0 Å². The zero-order valence-electron chi connectivity index (χ0n) is 7.92. The fourth-order valence-electron chi connectivity index (χ4n) is 0.988. The Morgan fingerprint density at radius 2 is 2.31 bits per heavy atom. The molecule has 0 radical (unpaired) electrons. The van der Waals surface area contributed by atoms with Gasteiger partial charge in [-0.15, -0.1) is 0 Å². The second-order valence-electron chi connectivity index (χ2n) is 2.86. The van der Waals surface area contributed by atoms with E-state index >= 15 is 0 Å². The zero-order valence-corrected chi connectivity index (χ0v) is 9.50. The molecule has 0 bridgehead atoms. The van der Waals surface area contributed by atoms with Crippen molar-refractivity contribution in [2.45, 2.75) is 0 Å². The lowest BCUT2D eigenvalue weighted by Crippen LogP contribution is -2.27. The average molecular weight is 244 g/mol. The van der Waals surface area contributed by atoms with Crippen molar-refractivity contribution in [1.82, 2.24) is 10.3 Å². The van der Waals surface area contributed by atoms with Crippen LogP contribution in [0.3, 0.4) is 0 Å². The largest absolute Gasteiger partial charge is 0.358 e. The topological polar surface area (TPSA) is 28.2 Å². The highest BCUT2D eigenvalue weighted by Crippen LogP contribution is 2.12. The summed E-state index contributed by atoms with van der Waals surface area (Å²) in [5.74, 6) is 0.999. The summed E-state index contributed by atoms with van der Waals surface area (Å²) in [6.45, 7) is 1.93. The molecule has 3 nitrogen and oxygen atoms in total. The van der Waals surface area contributed by atoms with Gasteiger partial charge in [-0.2, -0.15) is 0 Å². The number of likely N-dealkylation sites (N-methyl/N-ethyl adjacent to an activating group) is 2. The van der Waals surface area contributed by atoms with Crippen molar-refractivity contribution in [3.63, 3.8) is 0 Å². The number of rotatable bonds is 4. The van der Waals surface area contributed by atoms with E-state index in [-0.39, 0.29) is 0 Å². The molecule has 13 heavy (non-hydrogen) atoms. The molecular formula is C9H14BrN3. The maximum Gasteiger partial charge on any atom is 0.128 e. The lowest BCUT2D eigenvalue weighted by molar-refractivity contribution is 0.761. The van der Waals surface area contributed by atoms with Crippen molar-refractivity contribution in [3.05, 3.63) is 22.8 Å². The van der Waals surface area contributed by atoms with Crippen LogP contribution >= 0.6 is 15.9 Å². The standard InChI is InChI=1S/C9H14BrN3/c1-11-5-6-13(2)9-4-3-8(10)7-12-9/h3-4,7,11H,5-6H2,1-2H3. The molecule has 0 aliphatic carbocycles. The number of nitrogens with one attached hydrogen (secondary N) is 1. The fraction of sp³-hybridized carbons (Fsp3) is 0.444. The van der Waals surface area contributed by atoms with E-state index in [1.54, 1.807) is 0 Å². The van der Waals surface area contributed by atoms with Crippen molar-refractivity contribution in [2.75, 3.05) is 32.1 Å². The van der Waals surface area contributed by atoms with Crippen LogP contribution in [-0.2, 0) is 0 Å². The summed E-state index contributed by atoms with van der Waals surface area (Å²) in [5, 5.41) is 3.10. The summed E-state index contributed by atoms with van der Waals surface area (Å²) in [6.07, 6.45) is 1.81. The van der Waals surface area contributed by atoms with Crippen LogP contribution < -0.4 is 10.2 Å². The highest BCUT2D eigenvalue weighted by molar-refractivity contribution is 9.10. The number of hydrogen-bond donors (Lipinski definition) is 1. The molecular weight excluding hydrogens is 230 g/mol. The van der Waals surface area contributed by atoms with Crippen molar-refractivity contribution < 1.29 is 0 Å². The lowest BCUT2D eigenvalue weighted by atomic mass is 10.4. The maximum atomic E-state index is 4.28. The summed E-state index contributed by atoms with van der Waals surface area (Å²) in [7, 11) is 3.98. The van der Waals surface area contributed by atoms with Gasteiger partial charge in [0.05, 0.1) is 0 Å². The Morgan fingerprint density at radius 1 is 1.54 bits per heavy atom. The number of hydrogen-bond acceptors (Lipinski definition) is 3. The highest BCUT2D eigenvalue weighted by Gasteiger charge is 1.99. The third-order valence-electron chi connectivity index (χ3n) is 1.80. The van der Waals surface area contributed by atoms with Crippen LogP contribution in [0.1, 0.15) is 0 Å². The Hall–Kier alpha value is -0.610. The molecule has 0 aliphatic rings. The van der Waals surface area contributed by atoms with Crippen LogP contribution in [0.5, 0.6) is 0 Å². The number of anilines is 1. The van der Waals surface area contributed by atoms with Crippen LogP contribution in [0.25, 0.3) is 0 Å². The van der Waals surface area contributed by atoms with E-state index in [4.69, 9.17) is 0 Å². The summed E-state index contributed by atoms with van der Waals surface area (Å²) < 4.78 is 1.01. The van der Waals surface area contributed by atoms with Gasteiger partial charge in [-0.05, 0) is 35.1 Å². The SMILES string of the molecule is CNCCN(C)c1ccc(Br)cn1. The predicted molar refractivity (Wildman–Crippen MR) is 59.1 cm³/mol. The molecule has 4 heteroatoms. The van der Waals surface area contributed by atoms with Crippen LogP contribution in [-0.4, -0.2) is 32.2 Å². The third-order valence-corrected chi connectivity index (χ3v) is 2.27. The second-order valence-corrected chi connectivity index (χ2v) is 3.78. The van der Waals surface area contributed by atoms with E-state index in [0.29, 0.717) is 0 Å². The van der Waals surface area contributed by atoms with Crippen molar-refractivity contribution in [2.24, 2.45) is 0 Å². The number of pyridine rings is 1. The van der Waals surface area contributed by atoms with Gasteiger partial charge in [0, 0.05) is 30.8 Å². The van der Waals surface area contributed by atoms with Crippen LogP contribution in [0.2, 0.25) is 0 Å². The molecule has 0 aromatic carbocycles. The van der Waals surface area contributed by atoms with Gasteiger partial charge in [0.25, 0.3) is 0 Å². The normalized spacial score (nSPS) is 10.1. The van der Waals surface area contributed by atoms with Crippen molar-refractivity contribution in [1.29, 1.82) is 0 Å². The van der Waals surface area contributed by atoms with E-state index in [0.717, 1.165) is 23.4 Å². The predicted octanol–water partition coefficient (Wildman–Crippen LogP) is 1.50. The first-order valence-corrected chi connectivity index (χ1v) is 5.00. The number of halogens is 1. The molecule has 0 amide bonds. The molecule has 0 aliphatic heterocycles. The minimum Gasteiger partial charge on any atom is -0.358 e. The van der Waals surface area contributed by atoms with Gasteiger partial charge in [-0.25, -0.2) is 4.98 Å². The van der Waals surface area contributed by atoms with E-state index in [1.807, 2.05) is 32.4 Å². The molecule has 0 saturated heterocycles. The summed E-state index contributed by atoms with van der Waals surface area (Å²) >= 11 is 3.35. The summed E-state index contributed by atoms with van der Waals surface area (Å²) in [4.78, 5) is 6.40. The van der Waals surface area contributed by atoms with E-state index < -0.39 is 0 Å². The van der Waals surface area contributed by atoms with Crippen LogP contribution in [0, 0.1) is 0 Å². The van der Waals surface area contributed by atoms with E-state index in [1.165, 1.54) is 0 Å². The number of nitrogens with zero attached hydrogens (tertiary/aromatic N) is 2. The molecule has 0 saturated carbocycles. The monoisotopic (exact) mass is 243 g/mol. The molecule has 72 valence electrons. The van der Waals surface area contributed by atoms with Crippen LogP contribution in [0.4, 0.5) is 5.82 Å². The summed E-state index contributed by atoms with van der Waals surface area (Å²) in [5.41, 5.74) is 0. The minimum absolute atomic E-state index is 0.963. The molecule has 0 atom stereocenters. The van der Waals surface area contributed by atoms with Gasteiger partial charge < -0.3 is 10.2 Å². The lowest BCUT2D eigenvalue weighted by Gasteiger charge is -2.17. The van der Waals surface area contributed by atoms with Crippen molar-refractivity contribution >= 4 is 21.7 Å². The quantitative estimate of drug-likeness (QED) is 0.869. The molecule has 1 heterocycles. The third kappa shape index (κ3) is 3.32. The van der Waals surface area contributed by atoms with E-state index in [2.05, 4.69) is 31.1 Å². The Morgan fingerprint density at radius 3 is 2.85 bits per heavy atom. The average Bonchev–Trinajstić information content (AvgIpc) is 2.15. The molecule has 1 aromatic rings. The maximum absolute atomic E-state index is 4.28. The van der Waals surface area contributed by atoms with Gasteiger partial charge in [-0.3, -0.25) is 0 Å². The molecule has 0 unspecified atom stereocenters. The van der Waals surface area contributed by atoms with Gasteiger partial charge in [0.1, 0.15) is 5.82 Å². The van der Waals surface area contributed by atoms with Gasteiger partial charge >= 0.3 is 0 Å². The Bertz CT molecular complexity index is 248. The van der Waals surface area contributed by atoms with Gasteiger partial charge in [-0.1, -0.05) is 0 Å². The smallest absolute Gasteiger partial charge is 0.128 e. The van der Waals surface area contributed by atoms with Gasteiger partial charge in [0.15, 0.2) is 0 Å². The zero-order chi connectivity index (χ0) is 9.68. The first kappa shape index (κ1) is 10.5. The molecule has 0 spiro atoms. The first-order chi connectivity index (χ1) is 6.24. The second kappa shape index (κ2) is 5.19. The Balaban J connectivity index is 2.55. The highest BCUT2D eigenvalue weighted by atomic mass is 79.9. The molecule has 1 aromatic heterocycles. The Kier molecular flexibility index (Phi) is 4.18. The first-order valence-electron chi connectivity index (χ1n) is 4.21. The van der Waals surface area contributed by atoms with E-state index in [9.17, 15) is 0 Å². The number of aromatic nitrogens is 1. The summed E-state index contributed by atoms with van der Waals surface area (Å²) in [6, 6.07) is 4.00. The van der Waals surface area contributed by atoms with Gasteiger partial charge in [0.2, 0.25) is 0 Å².